The molecule has 2 N–H and O–H groups in total. The first-order chi connectivity index (χ1) is 17.3. The van der Waals surface area contributed by atoms with Gasteiger partial charge in [0.1, 0.15) is 18.8 Å². The average Bonchev–Trinajstić information content (AvgIpc) is 2.83. The summed E-state index contributed by atoms with van der Waals surface area (Å²) in [6.07, 6.45) is -1.53. The average molecular weight is 524 g/mol. The molecule has 1 rings (SSSR count). The first-order valence-electron chi connectivity index (χ1n) is 12.6. The highest BCUT2D eigenvalue weighted by Gasteiger charge is 2.25. The van der Waals surface area contributed by atoms with E-state index in [-0.39, 0.29) is 48.9 Å². The summed E-state index contributed by atoms with van der Waals surface area (Å²) >= 11 is 0. The van der Waals surface area contributed by atoms with Crippen LogP contribution in [0.4, 0.5) is 4.79 Å². The summed E-state index contributed by atoms with van der Waals surface area (Å²) in [5.74, 6) is -2.10. The number of esters is 3. The molecule has 0 radical (unpaired) electrons. The van der Waals surface area contributed by atoms with E-state index in [1.54, 1.807) is 33.8 Å². The monoisotopic (exact) mass is 523 g/mol. The van der Waals surface area contributed by atoms with E-state index in [1.807, 2.05) is 27.7 Å². The molecule has 0 saturated carbocycles. The van der Waals surface area contributed by atoms with Crippen LogP contribution in [0.15, 0.2) is 18.2 Å². The van der Waals surface area contributed by atoms with Crippen LogP contribution in [0.1, 0.15) is 61.0 Å². The molecular weight excluding hydrogens is 482 g/mol. The second-order valence-electron chi connectivity index (χ2n) is 9.74. The van der Waals surface area contributed by atoms with Crippen LogP contribution in [0, 0.1) is 23.7 Å². The molecule has 2 unspecified atom stereocenters. The molecule has 0 saturated heterocycles. The van der Waals surface area contributed by atoms with E-state index in [0.717, 1.165) is 0 Å². The summed E-state index contributed by atoms with van der Waals surface area (Å²) in [6, 6.07) is 3.62. The third-order valence-electron chi connectivity index (χ3n) is 5.95. The Hall–Kier alpha value is -3.14. The van der Waals surface area contributed by atoms with Gasteiger partial charge in [0.05, 0.1) is 18.4 Å². The number of hydrogen-bond acceptors (Lipinski definition) is 10. The molecule has 4 atom stereocenters. The van der Waals surface area contributed by atoms with Gasteiger partial charge in [-0.2, -0.15) is 0 Å². The lowest BCUT2D eigenvalue weighted by molar-refractivity contribution is -0.152. The van der Waals surface area contributed by atoms with Crippen LogP contribution < -0.4 is 15.2 Å². The Bertz CT molecular complexity index is 928. The van der Waals surface area contributed by atoms with Gasteiger partial charge in [-0.25, -0.2) is 4.79 Å². The molecule has 37 heavy (non-hydrogen) atoms. The number of carbonyl (C=O) groups excluding carboxylic acids is 4. The van der Waals surface area contributed by atoms with E-state index < -0.39 is 42.1 Å². The van der Waals surface area contributed by atoms with Crippen LogP contribution in [-0.2, 0) is 35.0 Å². The van der Waals surface area contributed by atoms with Crippen molar-refractivity contribution in [1.82, 2.24) is 0 Å². The molecule has 1 aromatic rings. The van der Waals surface area contributed by atoms with Crippen molar-refractivity contribution in [2.75, 3.05) is 13.2 Å². The maximum Gasteiger partial charge on any atom is 0.508 e. The van der Waals surface area contributed by atoms with Crippen molar-refractivity contribution in [3.05, 3.63) is 23.8 Å². The predicted molar refractivity (Wildman–Crippen MR) is 136 cm³/mol. The Morgan fingerprint density at radius 1 is 0.784 bits per heavy atom. The van der Waals surface area contributed by atoms with E-state index in [1.165, 1.54) is 12.1 Å². The topological polar surface area (TPSA) is 140 Å². The molecule has 0 aliphatic rings. The van der Waals surface area contributed by atoms with Gasteiger partial charge in [0, 0.05) is 0 Å². The second-order valence-corrected chi connectivity index (χ2v) is 9.74. The van der Waals surface area contributed by atoms with Gasteiger partial charge >= 0.3 is 24.1 Å². The number of carbonyl (C=O) groups is 4. The fourth-order valence-corrected chi connectivity index (χ4v) is 2.79. The fraction of sp³-hybridized carbons (Fsp3) is 0.630. The highest BCUT2D eigenvalue weighted by molar-refractivity contribution is 5.79. The Morgan fingerprint density at radius 2 is 1.32 bits per heavy atom. The molecule has 0 fully saturated rings. The number of ether oxygens (including phenoxy) is 5. The van der Waals surface area contributed by atoms with Crippen LogP contribution >= 0.6 is 0 Å². The van der Waals surface area contributed by atoms with Gasteiger partial charge in [-0.05, 0) is 49.8 Å². The Morgan fingerprint density at radius 3 is 1.84 bits per heavy atom. The van der Waals surface area contributed by atoms with Crippen LogP contribution in [0.3, 0.4) is 0 Å². The maximum absolute atomic E-state index is 12.6. The Labute approximate surface area is 219 Å². The van der Waals surface area contributed by atoms with Gasteiger partial charge in [-0.1, -0.05) is 47.6 Å². The summed E-state index contributed by atoms with van der Waals surface area (Å²) in [5.41, 5.74) is 6.60. The van der Waals surface area contributed by atoms with Crippen molar-refractivity contribution in [3.63, 3.8) is 0 Å². The summed E-state index contributed by atoms with van der Waals surface area (Å²) in [5, 5.41) is 0. The molecule has 10 nitrogen and oxygen atoms in total. The Balaban J connectivity index is 2.99. The van der Waals surface area contributed by atoms with Crippen molar-refractivity contribution in [1.29, 1.82) is 0 Å². The molecule has 0 aromatic heterocycles. The lowest BCUT2D eigenvalue weighted by atomic mass is 9.98. The van der Waals surface area contributed by atoms with Crippen molar-refractivity contribution in [2.24, 2.45) is 29.4 Å². The first kappa shape index (κ1) is 31.9. The van der Waals surface area contributed by atoms with E-state index in [0.29, 0.717) is 5.56 Å². The van der Waals surface area contributed by atoms with Gasteiger partial charge in [0.2, 0.25) is 0 Å². The van der Waals surface area contributed by atoms with Crippen molar-refractivity contribution in [3.8, 4) is 11.5 Å². The predicted octanol–water partition coefficient (Wildman–Crippen LogP) is 4.06. The van der Waals surface area contributed by atoms with Gasteiger partial charge in [-0.3, -0.25) is 14.4 Å². The second kappa shape index (κ2) is 15.2. The van der Waals surface area contributed by atoms with Crippen molar-refractivity contribution < 1.29 is 42.9 Å². The molecule has 0 bridgehead atoms. The van der Waals surface area contributed by atoms with Crippen molar-refractivity contribution >= 4 is 24.1 Å². The smallest absolute Gasteiger partial charge is 0.458 e. The zero-order valence-electron chi connectivity index (χ0n) is 23.1. The van der Waals surface area contributed by atoms with E-state index >= 15 is 0 Å². The highest BCUT2D eigenvalue weighted by atomic mass is 16.7. The first-order valence-corrected chi connectivity index (χ1v) is 12.6. The molecule has 208 valence electrons. The van der Waals surface area contributed by atoms with Gasteiger partial charge in [0.15, 0.2) is 11.5 Å². The quantitative estimate of drug-likeness (QED) is 0.297. The molecule has 0 spiro atoms. The number of benzene rings is 1. The zero-order valence-corrected chi connectivity index (χ0v) is 23.1. The summed E-state index contributed by atoms with van der Waals surface area (Å²) in [7, 11) is 0. The van der Waals surface area contributed by atoms with Crippen LogP contribution in [0.25, 0.3) is 0 Å². The number of hydrogen-bond donors (Lipinski definition) is 1. The maximum atomic E-state index is 12.6. The largest absolute Gasteiger partial charge is 0.508 e. The molecule has 0 amide bonds. The molecule has 0 aliphatic heterocycles. The van der Waals surface area contributed by atoms with Crippen LogP contribution in [0.5, 0.6) is 11.5 Å². The minimum absolute atomic E-state index is 0.0423. The normalized spacial score (nSPS) is 14.4. The van der Waals surface area contributed by atoms with Gasteiger partial charge in [0.25, 0.3) is 0 Å². The fourth-order valence-electron chi connectivity index (χ4n) is 2.79. The van der Waals surface area contributed by atoms with E-state index in [9.17, 15) is 19.2 Å². The third kappa shape index (κ3) is 10.8. The molecule has 10 heteroatoms. The molecule has 0 aliphatic carbocycles. The van der Waals surface area contributed by atoms with Crippen LogP contribution in [-0.4, -0.2) is 49.4 Å². The minimum Gasteiger partial charge on any atom is -0.458 e. The molecular formula is C27H41NO9. The zero-order chi connectivity index (χ0) is 28.3. The lowest BCUT2D eigenvalue weighted by Crippen LogP contribution is -2.37. The number of nitrogens with two attached hydrogens (primary N) is 1. The standard InChI is InChI=1S/C27H41NO9/c1-9-33-27(32)34-14-17(6)35-26(31)21(28)12-20-10-11-22(36-24(29)18(7)15(2)3)23(13-20)37-25(30)19(8)16(4)5/h10-11,13,15-19,21H,9,12,14,28H2,1-8H3/t17-,18?,19?,21-/m0/s1. The van der Waals surface area contributed by atoms with E-state index in [4.69, 9.17) is 24.7 Å². The third-order valence-corrected chi connectivity index (χ3v) is 5.95. The van der Waals surface area contributed by atoms with Crippen molar-refractivity contribution in [2.45, 2.75) is 74.0 Å². The van der Waals surface area contributed by atoms with E-state index in [2.05, 4.69) is 4.74 Å². The number of rotatable bonds is 13. The minimum atomic E-state index is -1.04. The summed E-state index contributed by atoms with van der Waals surface area (Å²) in [4.78, 5) is 48.9. The summed E-state index contributed by atoms with van der Waals surface area (Å²) in [6.45, 7) is 14.3. The van der Waals surface area contributed by atoms with Crippen LogP contribution in [0.2, 0.25) is 0 Å². The lowest BCUT2D eigenvalue weighted by Gasteiger charge is -2.19. The molecule has 1 aromatic carbocycles. The van der Waals surface area contributed by atoms with Gasteiger partial charge in [-0.15, -0.1) is 0 Å². The molecule has 0 heterocycles. The Kier molecular flexibility index (Phi) is 13.1. The summed E-state index contributed by atoms with van der Waals surface area (Å²) < 4.78 is 25.9. The van der Waals surface area contributed by atoms with Gasteiger partial charge < -0.3 is 29.4 Å². The highest BCUT2D eigenvalue weighted by Crippen LogP contribution is 2.31. The SMILES string of the molecule is CCOC(=O)OC[C@H](C)OC(=O)[C@@H](N)Cc1ccc(OC(=O)C(C)C(C)C)c(OC(=O)C(C)C(C)C)c1.